The predicted octanol–water partition coefficient (Wildman–Crippen LogP) is 3.18. The Morgan fingerprint density at radius 3 is 2.50 bits per heavy atom. The molecule has 2 aromatic carbocycles. The standard InChI is InChI=1S/C15H15ClN2/c16-12-7-5-10(6-8-12)15(18-17)14-9-11-3-1-2-4-13(11)14/h1-8,14-15,18H,9,17H2. The number of nitrogens with two attached hydrogens (primary N) is 1. The predicted molar refractivity (Wildman–Crippen MR) is 74.4 cm³/mol. The minimum absolute atomic E-state index is 0.150. The third kappa shape index (κ3) is 1.93. The van der Waals surface area contributed by atoms with Crippen LogP contribution in [0.25, 0.3) is 0 Å². The molecule has 3 heteroatoms. The molecule has 0 saturated carbocycles. The molecule has 0 spiro atoms. The summed E-state index contributed by atoms with van der Waals surface area (Å²) in [5.74, 6) is 6.18. The summed E-state index contributed by atoms with van der Waals surface area (Å²) in [4.78, 5) is 0. The molecule has 0 amide bonds. The van der Waals surface area contributed by atoms with Gasteiger partial charge >= 0.3 is 0 Å². The topological polar surface area (TPSA) is 38.0 Å². The zero-order valence-electron chi connectivity index (χ0n) is 9.94. The maximum absolute atomic E-state index is 5.92. The normalized spacial score (nSPS) is 18.9. The third-order valence-electron chi connectivity index (χ3n) is 3.71. The lowest BCUT2D eigenvalue weighted by atomic mass is 9.72. The SMILES string of the molecule is NNC(c1ccc(Cl)cc1)C1Cc2ccccc21. The minimum Gasteiger partial charge on any atom is -0.271 e. The monoisotopic (exact) mass is 258 g/mol. The Balaban J connectivity index is 1.89. The molecule has 2 atom stereocenters. The second kappa shape index (κ2) is 4.73. The van der Waals surface area contributed by atoms with Gasteiger partial charge in [-0.25, -0.2) is 0 Å². The highest BCUT2D eigenvalue weighted by Gasteiger charge is 2.32. The number of fused-ring (bicyclic) bond motifs is 1. The van der Waals surface area contributed by atoms with Gasteiger partial charge < -0.3 is 0 Å². The van der Waals surface area contributed by atoms with E-state index in [0.717, 1.165) is 11.4 Å². The molecule has 0 aliphatic heterocycles. The van der Waals surface area contributed by atoms with Gasteiger partial charge in [0.05, 0.1) is 6.04 Å². The zero-order valence-corrected chi connectivity index (χ0v) is 10.7. The summed E-state index contributed by atoms with van der Waals surface area (Å²) in [6.07, 6.45) is 1.08. The van der Waals surface area contributed by atoms with E-state index >= 15 is 0 Å². The van der Waals surface area contributed by atoms with E-state index in [1.807, 2.05) is 24.3 Å². The van der Waals surface area contributed by atoms with Crippen LogP contribution in [-0.2, 0) is 6.42 Å². The maximum Gasteiger partial charge on any atom is 0.0531 e. The lowest BCUT2D eigenvalue weighted by Gasteiger charge is -2.36. The van der Waals surface area contributed by atoms with Crippen LogP contribution in [-0.4, -0.2) is 0 Å². The summed E-state index contributed by atoms with van der Waals surface area (Å²) in [6, 6.07) is 16.6. The highest BCUT2D eigenvalue weighted by Crippen LogP contribution is 2.43. The van der Waals surface area contributed by atoms with Crippen molar-refractivity contribution in [2.45, 2.75) is 18.4 Å². The minimum atomic E-state index is 0.150. The van der Waals surface area contributed by atoms with Crippen LogP contribution in [0.2, 0.25) is 5.02 Å². The number of hydrogen-bond donors (Lipinski definition) is 2. The average molecular weight is 259 g/mol. The lowest BCUT2D eigenvalue weighted by Crippen LogP contribution is -2.37. The summed E-state index contributed by atoms with van der Waals surface area (Å²) in [5.41, 5.74) is 6.95. The molecule has 0 bridgehead atoms. The van der Waals surface area contributed by atoms with Crippen molar-refractivity contribution in [2.75, 3.05) is 0 Å². The van der Waals surface area contributed by atoms with E-state index in [1.165, 1.54) is 16.7 Å². The molecule has 0 heterocycles. The van der Waals surface area contributed by atoms with Gasteiger partial charge in [-0.05, 0) is 35.2 Å². The van der Waals surface area contributed by atoms with Gasteiger partial charge in [0.15, 0.2) is 0 Å². The Kier molecular flexibility index (Phi) is 3.08. The average Bonchev–Trinajstić information content (AvgIpc) is 2.37. The van der Waals surface area contributed by atoms with Crippen LogP contribution in [0.15, 0.2) is 48.5 Å². The van der Waals surface area contributed by atoms with Crippen molar-refractivity contribution in [3.05, 3.63) is 70.2 Å². The van der Waals surface area contributed by atoms with Gasteiger partial charge in [-0.1, -0.05) is 48.0 Å². The number of hydrogen-bond acceptors (Lipinski definition) is 2. The Morgan fingerprint density at radius 1 is 1.11 bits per heavy atom. The Labute approximate surface area is 112 Å². The van der Waals surface area contributed by atoms with Crippen molar-refractivity contribution in [1.29, 1.82) is 0 Å². The van der Waals surface area contributed by atoms with Gasteiger partial charge in [-0.3, -0.25) is 11.3 Å². The van der Waals surface area contributed by atoms with Crippen LogP contribution in [0.5, 0.6) is 0 Å². The Morgan fingerprint density at radius 2 is 1.83 bits per heavy atom. The summed E-state index contributed by atoms with van der Waals surface area (Å²) in [5, 5.41) is 0.753. The van der Waals surface area contributed by atoms with E-state index in [-0.39, 0.29) is 6.04 Å². The fourth-order valence-corrected chi connectivity index (χ4v) is 2.84. The van der Waals surface area contributed by atoms with Crippen LogP contribution in [0, 0.1) is 0 Å². The Hall–Kier alpha value is -1.35. The first kappa shape index (κ1) is 11.7. The van der Waals surface area contributed by atoms with Gasteiger partial charge in [0, 0.05) is 10.9 Å². The van der Waals surface area contributed by atoms with E-state index < -0.39 is 0 Å². The largest absolute Gasteiger partial charge is 0.271 e. The maximum atomic E-state index is 5.92. The molecule has 3 N–H and O–H groups in total. The molecule has 1 aliphatic rings. The first-order valence-corrected chi connectivity index (χ1v) is 6.47. The molecule has 2 nitrogen and oxygen atoms in total. The molecule has 2 unspecified atom stereocenters. The fourth-order valence-electron chi connectivity index (χ4n) is 2.71. The van der Waals surface area contributed by atoms with Gasteiger partial charge in [-0.15, -0.1) is 0 Å². The van der Waals surface area contributed by atoms with E-state index in [1.54, 1.807) is 0 Å². The van der Waals surface area contributed by atoms with Gasteiger partial charge in [0.2, 0.25) is 0 Å². The molecule has 18 heavy (non-hydrogen) atoms. The van der Waals surface area contributed by atoms with E-state index in [2.05, 4.69) is 29.7 Å². The summed E-state index contributed by atoms with van der Waals surface area (Å²) < 4.78 is 0. The first-order valence-electron chi connectivity index (χ1n) is 6.09. The number of halogens is 1. The molecule has 0 fully saturated rings. The van der Waals surface area contributed by atoms with Crippen molar-refractivity contribution < 1.29 is 0 Å². The molecular weight excluding hydrogens is 244 g/mol. The van der Waals surface area contributed by atoms with Crippen LogP contribution >= 0.6 is 11.6 Å². The van der Waals surface area contributed by atoms with Crippen molar-refractivity contribution in [3.8, 4) is 0 Å². The van der Waals surface area contributed by atoms with Crippen molar-refractivity contribution in [3.63, 3.8) is 0 Å². The quantitative estimate of drug-likeness (QED) is 0.656. The van der Waals surface area contributed by atoms with Gasteiger partial charge in [-0.2, -0.15) is 0 Å². The molecule has 0 aromatic heterocycles. The number of benzene rings is 2. The van der Waals surface area contributed by atoms with Crippen LogP contribution in [0.1, 0.15) is 28.7 Å². The molecule has 0 radical (unpaired) electrons. The fraction of sp³-hybridized carbons (Fsp3) is 0.200. The van der Waals surface area contributed by atoms with Gasteiger partial charge in [0.1, 0.15) is 0 Å². The smallest absolute Gasteiger partial charge is 0.0531 e. The molecule has 1 aliphatic carbocycles. The number of rotatable bonds is 3. The summed E-state index contributed by atoms with van der Waals surface area (Å²) in [7, 11) is 0. The summed E-state index contributed by atoms with van der Waals surface area (Å²) >= 11 is 5.92. The van der Waals surface area contributed by atoms with E-state index in [9.17, 15) is 0 Å². The second-order valence-electron chi connectivity index (χ2n) is 4.71. The highest BCUT2D eigenvalue weighted by atomic mass is 35.5. The first-order chi connectivity index (χ1) is 8.79. The van der Waals surface area contributed by atoms with E-state index in [4.69, 9.17) is 17.4 Å². The molecule has 2 aromatic rings. The third-order valence-corrected chi connectivity index (χ3v) is 3.96. The number of hydrazine groups is 1. The zero-order chi connectivity index (χ0) is 12.5. The van der Waals surface area contributed by atoms with E-state index in [0.29, 0.717) is 5.92 Å². The van der Waals surface area contributed by atoms with Crippen LogP contribution in [0.4, 0.5) is 0 Å². The van der Waals surface area contributed by atoms with Crippen LogP contribution < -0.4 is 11.3 Å². The summed E-state index contributed by atoms with van der Waals surface area (Å²) in [6.45, 7) is 0. The highest BCUT2D eigenvalue weighted by molar-refractivity contribution is 6.30. The molecule has 92 valence electrons. The number of nitrogens with one attached hydrogen (secondary N) is 1. The van der Waals surface area contributed by atoms with Gasteiger partial charge in [0.25, 0.3) is 0 Å². The lowest BCUT2D eigenvalue weighted by molar-refractivity contribution is 0.419. The molecular formula is C15H15ClN2. The van der Waals surface area contributed by atoms with Crippen molar-refractivity contribution in [1.82, 2.24) is 5.43 Å². The molecule has 0 saturated heterocycles. The van der Waals surface area contributed by atoms with Crippen molar-refractivity contribution in [2.24, 2.45) is 5.84 Å². The van der Waals surface area contributed by atoms with Crippen molar-refractivity contribution >= 4 is 11.6 Å². The molecule has 3 rings (SSSR count). The Bertz CT molecular complexity index is 551. The second-order valence-corrected chi connectivity index (χ2v) is 5.14. The van der Waals surface area contributed by atoms with Crippen LogP contribution in [0.3, 0.4) is 0 Å².